The summed E-state index contributed by atoms with van der Waals surface area (Å²) in [6.45, 7) is 8.90. The predicted molar refractivity (Wildman–Crippen MR) is 150 cm³/mol. The molecule has 6 heteroatoms. The topological polar surface area (TPSA) is 68.2 Å². The SMILES string of the molecule is CCCCCOc1ccc([C@H]2C(C(=O)Nc3ccc(C)cc3C)=C(C)Nc3nc4ccccc4n32)cc1. The first-order chi connectivity index (χ1) is 18.0. The number of nitrogens with one attached hydrogen (secondary N) is 2. The van der Waals surface area contributed by atoms with Crippen LogP contribution < -0.4 is 15.4 Å². The van der Waals surface area contributed by atoms with Gasteiger partial charge in [-0.1, -0.05) is 61.7 Å². The van der Waals surface area contributed by atoms with Crippen LogP contribution in [0.3, 0.4) is 0 Å². The first kappa shape index (κ1) is 24.6. The lowest BCUT2D eigenvalue weighted by Crippen LogP contribution is -2.31. The lowest BCUT2D eigenvalue weighted by molar-refractivity contribution is -0.113. The molecular formula is C31H34N4O2. The molecule has 0 unspecified atom stereocenters. The van der Waals surface area contributed by atoms with Crippen LogP contribution in [0.15, 0.2) is 78.0 Å². The molecule has 2 heterocycles. The van der Waals surface area contributed by atoms with E-state index in [1.807, 2.05) is 62.4 Å². The number of aromatic nitrogens is 2. The third kappa shape index (κ3) is 4.96. The summed E-state index contributed by atoms with van der Waals surface area (Å²) in [5, 5.41) is 6.55. The Kier molecular flexibility index (Phi) is 6.99. The molecule has 2 N–H and O–H groups in total. The van der Waals surface area contributed by atoms with E-state index in [0.29, 0.717) is 12.2 Å². The number of anilines is 2. The van der Waals surface area contributed by atoms with Gasteiger partial charge in [0.2, 0.25) is 5.95 Å². The van der Waals surface area contributed by atoms with Crippen LogP contribution in [0.5, 0.6) is 5.75 Å². The minimum absolute atomic E-state index is 0.134. The van der Waals surface area contributed by atoms with Gasteiger partial charge >= 0.3 is 0 Å². The summed E-state index contributed by atoms with van der Waals surface area (Å²) in [5.41, 5.74) is 7.31. The minimum Gasteiger partial charge on any atom is -0.494 e. The zero-order chi connectivity index (χ0) is 25.9. The Balaban J connectivity index is 1.54. The first-order valence-corrected chi connectivity index (χ1v) is 13.0. The van der Waals surface area contributed by atoms with Gasteiger partial charge in [0.25, 0.3) is 5.91 Å². The third-order valence-corrected chi connectivity index (χ3v) is 6.92. The molecule has 0 aliphatic carbocycles. The summed E-state index contributed by atoms with van der Waals surface area (Å²) in [4.78, 5) is 18.7. The van der Waals surface area contributed by atoms with Crippen LogP contribution in [-0.4, -0.2) is 22.1 Å². The van der Waals surface area contributed by atoms with E-state index in [2.05, 4.69) is 47.2 Å². The fourth-order valence-corrected chi connectivity index (χ4v) is 5.01. The molecule has 0 saturated carbocycles. The number of nitrogens with zero attached hydrogens (tertiary/aromatic N) is 2. The van der Waals surface area contributed by atoms with Crippen molar-refractivity contribution in [1.29, 1.82) is 0 Å². The maximum absolute atomic E-state index is 13.9. The van der Waals surface area contributed by atoms with Crippen LogP contribution in [0.1, 0.15) is 55.8 Å². The number of benzene rings is 3. The van der Waals surface area contributed by atoms with Crippen molar-refractivity contribution in [2.24, 2.45) is 0 Å². The van der Waals surface area contributed by atoms with Gasteiger partial charge in [0.1, 0.15) is 5.75 Å². The fourth-order valence-electron chi connectivity index (χ4n) is 5.01. The Bertz CT molecular complexity index is 1470. The highest BCUT2D eigenvalue weighted by atomic mass is 16.5. The van der Waals surface area contributed by atoms with Crippen molar-refractivity contribution < 1.29 is 9.53 Å². The number of para-hydroxylation sites is 2. The highest BCUT2D eigenvalue weighted by Crippen LogP contribution is 2.40. The monoisotopic (exact) mass is 494 g/mol. The summed E-state index contributed by atoms with van der Waals surface area (Å²) in [7, 11) is 0. The lowest BCUT2D eigenvalue weighted by Gasteiger charge is -2.31. The van der Waals surface area contributed by atoms with Crippen molar-refractivity contribution in [1.82, 2.24) is 9.55 Å². The summed E-state index contributed by atoms with van der Waals surface area (Å²) in [5.74, 6) is 1.43. The van der Waals surface area contributed by atoms with Gasteiger partial charge in [-0.3, -0.25) is 9.36 Å². The van der Waals surface area contributed by atoms with E-state index in [1.54, 1.807) is 0 Å². The molecule has 1 aromatic heterocycles. The zero-order valence-corrected chi connectivity index (χ0v) is 22.0. The minimum atomic E-state index is -0.344. The van der Waals surface area contributed by atoms with Crippen LogP contribution in [0.2, 0.25) is 0 Å². The van der Waals surface area contributed by atoms with Crippen molar-refractivity contribution in [3.8, 4) is 5.75 Å². The highest BCUT2D eigenvalue weighted by Gasteiger charge is 2.34. The molecule has 0 radical (unpaired) electrons. The number of ether oxygens (including phenoxy) is 1. The number of unbranched alkanes of at least 4 members (excludes halogenated alkanes) is 2. The normalized spacial score (nSPS) is 14.9. The summed E-state index contributed by atoms with van der Waals surface area (Å²) in [6, 6.07) is 21.8. The number of fused-ring (bicyclic) bond motifs is 3. The second-order valence-electron chi connectivity index (χ2n) is 9.76. The molecule has 1 aliphatic rings. The second-order valence-corrected chi connectivity index (χ2v) is 9.76. The molecule has 1 atom stereocenters. The molecule has 37 heavy (non-hydrogen) atoms. The van der Waals surface area contributed by atoms with E-state index in [9.17, 15) is 4.79 Å². The predicted octanol–water partition coefficient (Wildman–Crippen LogP) is 7.15. The average molecular weight is 495 g/mol. The molecule has 4 aromatic rings. The van der Waals surface area contributed by atoms with Gasteiger partial charge in [0, 0.05) is 11.4 Å². The van der Waals surface area contributed by atoms with E-state index in [0.717, 1.165) is 70.1 Å². The van der Waals surface area contributed by atoms with Crippen LogP contribution in [0.4, 0.5) is 11.6 Å². The van der Waals surface area contributed by atoms with Crippen LogP contribution in [0, 0.1) is 13.8 Å². The molecule has 0 spiro atoms. The van der Waals surface area contributed by atoms with E-state index in [1.165, 1.54) is 0 Å². The number of aryl methyl sites for hydroxylation is 2. The van der Waals surface area contributed by atoms with E-state index < -0.39 is 0 Å². The Morgan fingerprint density at radius 3 is 2.57 bits per heavy atom. The number of hydrogen-bond acceptors (Lipinski definition) is 4. The summed E-state index contributed by atoms with van der Waals surface area (Å²) >= 11 is 0. The van der Waals surface area contributed by atoms with Crippen molar-refractivity contribution in [3.63, 3.8) is 0 Å². The lowest BCUT2D eigenvalue weighted by atomic mass is 9.94. The van der Waals surface area contributed by atoms with E-state index in [4.69, 9.17) is 9.72 Å². The standard InChI is InChI=1S/C31H34N4O2/c1-5-6-9-18-37-24-15-13-23(14-16-24)29-28(30(36)33-25-17-12-20(2)19-21(25)3)22(4)32-31-34-26-10-7-8-11-27(26)35(29)31/h7-8,10-17,19,29H,5-6,9,18H2,1-4H3,(H,32,34)(H,33,36)/t29-/m0/s1. The molecule has 1 aliphatic heterocycles. The molecule has 190 valence electrons. The first-order valence-electron chi connectivity index (χ1n) is 13.0. The molecule has 0 bridgehead atoms. The molecular weight excluding hydrogens is 460 g/mol. The highest BCUT2D eigenvalue weighted by molar-refractivity contribution is 6.06. The molecule has 5 rings (SSSR count). The van der Waals surface area contributed by atoms with Crippen molar-refractivity contribution in [2.45, 2.75) is 53.0 Å². The smallest absolute Gasteiger partial charge is 0.255 e. The summed E-state index contributed by atoms with van der Waals surface area (Å²) < 4.78 is 8.07. The van der Waals surface area contributed by atoms with Crippen molar-refractivity contribution >= 4 is 28.6 Å². The van der Waals surface area contributed by atoms with Gasteiger partial charge in [-0.05, 0) is 68.7 Å². The second kappa shape index (κ2) is 10.5. The number of rotatable bonds is 8. The Hall–Kier alpha value is -4.06. The van der Waals surface area contributed by atoms with Crippen LogP contribution >= 0.6 is 0 Å². The van der Waals surface area contributed by atoms with Gasteiger partial charge in [-0.2, -0.15) is 0 Å². The maximum atomic E-state index is 13.9. The molecule has 3 aromatic carbocycles. The van der Waals surface area contributed by atoms with Gasteiger partial charge in [-0.15, -0.1) is 0 Å². The quantitative estimate of drug-likeness (QED) is 0.255. The number of allylic oxidation sites excluding steroid dienone is 1. The number of hydrogen-bond donors (Lipinski definition) is 2. The van der Waals surface area contributed by atoms with E-state index in [-0.39, 0.29) is 11.9 Å². The van der Waals surface area contributed by atoms with Gasteiger partial charge in [-0.25, -0.2) is 4.98 Å². The van der Waals surface area contributed by atoms with Crippen molar-refractivity contribution in [3.05, 3.63) is 94.7 Å². The average Bonchev–Trinajstić information content (AvgIpc) is 3.25. The number of carbonyl (C=O) groups excluding carboxylic acids is 1. The zero-order valence-electron chi connectivity index (χ0n) is 22.0. The van der Waals surface area contributed by atoms with Gasteiger partial charge < -0.3 is 15.4 Å². The summed E-state index contributed by atoms with van der Waals surface area (Å²) in [6.07, 6.45) is 3.37. The number of imidazole rings is 1. The molecule has 1 amide bonds. The Labute approximate surface area is 218 Å². The number of carbonyl (C=O) groups is 1. The fraction of sp³-hybridized carbons (Fsp3) is 0.290. The molecule has 0 fully saturated rings. The molecule has 0 saturated heterocycles. The van der Waals surface area contributed by atoms with Crippen LogP contribution in [-0.2, 0) is 4.79 Å². The Morgan fingerprint density at radius 1 is 1.03 bits per heavy atom. The van der Waals surface area contributed by atoms with Crippen LogP contribution in [0.25, 0.3) is 11.0 Å². The maximum Gasteiger partial charge on any atom is 0.255 e. The largest absolute Gasteiger partial charge is 0.494 e. The molecule has 6 nitrogen and oxygen atoms in total. The Morgan fingerprint density at radius 2 is 1.81 bits per heavy atom. The van der Waals surface area contributed by atoms with E-state index >= 15 is 0 Å². The van der Waals surface area contributed by atoms with Gasteiger partial charge in [0.15, 0.2) is 0 Å². The number of amides is 1. The van der Waals surface area contributed by atoms with Crippen molar-refractivity contribution in [2.75, 3.05) is 17.2 Å². The van der Waals surface area contributed by atoms with Gasteiger partial charge in [0.05, 0.1) is 29.3 Å². The third-order valence-electron chi connectivity index (χ3n) is 6.92.